The van der Waals surface area contributed by atoms with Gasteiger partial charge in [0.05, 0.1) is 12.4 Å². The molecule has 0 amide bonds. The first-order valence-electron chi connectivity index (χ1n) is 6.10. The Labute approximate surface area is 108 Å². The van der Waals surface area contributed by atoms with Crippen LogP contribution in [0, 0.1) is 0 Å². The Morgan fingerprint density at radius 3 is 2.88 bits per heavy atom. The zero-order valence-corrected chi connectivity index (χ0v) is 11.8. The number of nitrogens with one attached hydrogen (secondary N) is 2. The van der Waals surface area contributed by atoms with Crippen LogP contribution in [-0.4, -0.2) is 23.9 Å². The molecule has 1 atom stereocenters. The third kappa shape index (κ3) is 5.17. The maximum Gasteiger partial charge on any atom is 0.183 e. The van der Waals surface area contributed by atoms with Crippen molar-refractivity contribution in [3.8, 4) is 0 Å². The van der Waals surface area contributed by atoms with Crippen molar-refractivity contribution in [3.05, 3.63) is 11.1 Å². The van der Waals surface area contributed by atoms with E-state index in [1.165, 1.54) is 4.88 Å². The first kappa shape index (κ1) is 14.0. The van der Waals surface area contributed by atoms with Crippen molar-refractivity contribution >= 4 is 22.8 Å². The molecule has 1 unspecified atom stereocenters. The highest BCUT2D eigenvalue weighted by Gasteiger charge is 2.08. The summed E-state index contributed by atoms with van der Waals surface area (Å²) in [6, 6.07) is 0.680. The topological polar surface area (TPSA) is 49.3 Å². The van der Waals surface area contributed by atoms with Crippen LogP contribution in [0.1, 0.15) is 45.0 Å². The summed E-state index contributed by atoms with van der Waals surface area (Å²) in [7, 11) is 0. The molecule has 0 radical (unpaired) electrons. The second-order valence-corrected chi connectivity index (χ2v) is 5.35. The third-order valence-corrected chi connectivity index (χ3v) is 3.24. The lowest BCUT2D eigenvalue weighted by molar-refractivity contribution is 0.736. The van der Waals surface area contributed by atoms with Gasteiger partial charge < -0.3 is 10.6 Å². The molecule has 0 fully saturated rings. The van der Waals surface area contributed by atoms with Crippen molar-refractivity contribution in [1.29, 1.82) is 0 Å². The minimum Gasteiger partial charge on any atom is -0.369 e. The first-order chi connectivity index (χ1) is 8.13. The van der Waals surface area contributed by atoms with Gasteiger partial charge in [-0.1, -0.05) is 18.3 Å². The summed E-state index contributed by atoms with van der Waals surface area (Å²) in [4.78, 5) is 9.81. The van der Waals surface area contributed by atoms with E-state index in [1.807, 2.05) is 6.20 Å². The molecule has 1 heterocycles. The molecule has 4 nitrogen and oxygen atoms in total. The highest BCUT2D eigenvalue weighted by molar-refractivity contribution is 7.15. The fourth-order valence-corrected chi connectivity index (χ4v) is 2.21. The molecule has 0 bridgehead atoms. The Bertz CT molecular complexity index is 346. The van der Waals surface area contributed by atoms with Gasteiger partial charge in [-0.25, -0.2) is 4.98 Å². The smallest absolute Gasteiger partial charge is 0.183 e. The Morgan fingerprint density at radius 2 is 2.24 bits per heavy atom. The second kappa shape index (κ2) is 7.27. The number of aliphatic imine (C=N–C) groups is 1. The first-order valence-corrected chi connectivity index (χ1v) is 6.91. The van der Waals surface area contributed by atoms with Crippen molar-refractivity contribution in [2.24, 2.45) is 4.99 Å². The van der Waals surface area contributed by atoms with Crippen LogP contribution >= 0.6 is 11.3 Å². The number of aromatic nitrogens is 1. The van der Waals surface area contributed by atoms with Crippen molar-refractivity contribution in [2.45, 2.75) is 46.2 Å². The van der Waals surface area contributed by atoms with E-state index in [0.717, 1.165) is 18.1 Å². The second-order valence-electron chi connectivity index (χ2n) is 4.29. The van der Waals surface area contributed by atoms with Gasteiger partial charge in [-0.05, 0) is 27.2 Å². The van der Waals surface area contributed by atoms with E-state index in [4.69, 9.17) is 0 Å². The lowest BCUT2D eigenvalue weighted by atomic mass is 10.3. The maximum atomic E-state index is 4.34. The van der Waals surface area contributed by atoms with Crippen LogP contribution in [0.15, 0.2) is 11.2 Å². The fraction of sp³-hybridized carbons (Fsp3) is 0.667. The molecule has 96 valence electrons. The standard InChI is InChI=1S/C12H22N4S/c1-5-6-13-8-15-10(4)11-7-14-12(17-11)16-9(2)3/h7-10H,5-6H2,1-4H3,(H,13,15)(H,14,16). The minimum atomic E-state index is 0.260. The third-order valence-electron chi connectivity index (χ3n) is 2.13. The predicted octanol–water partition coefficient (Wildman–Crippen LogP) is 3.05. The van der Waals surface area contributed by atoms with Gasteiger partial charge in [-0.3, -0.25) is 4.99 Å². The van der Waals surface area contributed by atoms with Gasteiger partial charge in [0, 0.05) is 23.7 Å². The van der Waals surface area contributed by atoms with Gasteiger partial charge in [0.2, 0.25) is 0 Å². The fourth-order valence-electron chi connectivity index (χ4n) is 1.24. The van der Waals surface area contributed by atoms with E-state index < -0.39 is 0 Å². The quantitative estimate of drug-likeness (QED) is 0.581. The van der Waals surface area contributed by atoms with E-state index in [2.05, 4.69) is 48.3 Å². The molecule has 2 N–H and O–H groups in total. The highest BCUT2D eigenvalue weighted by Crippen LogP contribution is 2.24. The Hall–Kier alpha value is -1.10. The molecule has 0 aliphatic rings. The van der Waals surface area contributed by atoms with Crippen molar-refractivity contribution < 1.29 is 0 Å². The lowest BCUT2D eigenvalue weighted by Crippen LogP contribution is -2.15. The summed E-state index contributed by atoms with van der Waals surface area (Å²) in [5.74, 6) is 0. The van der Waals surface area contributed by atoms with Crippen molar-refractivity contribution in [2.75, 3.05) is 11.9 Å². The molecule has 0 aliphatic heterocycles. The van der Waals surface area contributed by atoms with Crippen LogP contribution in [0.5, 0.6) is 0 Å². The van der Waals surface area contributed by atoms with Crippen LogP contribution in [0.2, 0.25) is 0 Å². The zero-order chi connectivity index (χ0) is 12.7. The molecule has 0 aliphatic carbocycles. The minimum absolute atomic E-state index is 0.260. The molecule has 5 heteroatoms. The van der Waals surface area contributed by atoms with E-state index in [0.29, 0.717) is 6.04 Å². The van der Waals surface area contributed by atoms with Crippen molar-refractivity contribution in [3.63, 3.8) is 0 Å². The normalized spacial score (nSPS) is 13.2. The number of rotatable bonds is 7. The van der Waals surface area contributed by atoms with E-state index in [1.54, 1.807) is 17.7 Å². The van der Waals surface area contributed by atoms with Gasteiger partial charge in [-0.15, -0.1) is 0 Å². The van der Waals surface area contributed by atoms with E-state index in [-0.39, 0.29) is 6.04 Å². The summed E-state index contributed by atoms with van der Waals surface area (Å²) >= 11 is 1.69. The summed E-state index contributed by atoms with van der Waals surface area (Å²) in [5, 5.41) is 7.53. The Kier molecular flexibility index (Phi) is 5.97. The Morgan fingerprint density at radius 1 is 1.47 bits per heavy atom. The van der Waals surface area contributed by atoms with Crippen LogP contribution in [-0.2, 0) is 0 Å². The summed E-state index contributed by atoms with van der Waals surface area (Å²) in [6.07, 6.45) is 4.79. The van der Waals surface area contributed by atoms with Gasteiger partial charge in [-0.2, -0.15) is 0 Å². The van der Waals surface area contributed by atoms with E-state index >= 15 is 0 Å². The average molecular weight is 254 g/mol. The molecule has 17 heavy (non-hydrogen) atoms. The molecule has 1 rings (SSSR count). The SMILES string of the molecule is CCCN=CNC(C)c1cnc(NC(C)C)s1. The van der Waals surface area contributed by atoms with Gasteiger partial charge >= 0.3 is 0 Å². The number of hydrogen-bond donors (Lipinski definition) is 2. The van der Waals surface area contributed by atoms with Gasteiger partial charge in [0.15, 0.2) is 5.13 Å². The maximum absolute atomic E-state index is 4.34. The number of anilines is 1. The molecular formula is C12H22N4S. The molecule has 1 aromatic rings. The predicted molar refractivity (Wildman–Crippen MR) is 76.1 cm³/mol. The zero-order valence-electron chi connectivity index (χ0n) is 11.0. The number of thiazole rings is 1. The Balaban J connectivity index is 2.46. The van der Waals surface area contributed by atoms with Crippen molar-refractivity contribution in [1.82, 2.24) is 10.3 Å². The molecule has 0 aromatic carbocycles. The number of hydrogen-bond acceptors (Lipinski definition) is 4. The molecule has 0 saturated heterocycles. The lowest BCUT2D eigenvalue weighted by Gasteiger charge is -2.08. The monoisotopic (exact) mass is 254 g/mol. The van der Waals surface area contributed by atoms with Crippen LogP contribution in [0.4, 0.5) is 5.13 Å². The van der Waals surface area contributed by atoms with Crippen LogP contribution < -0.4 is 10.6 Å². The van der Waals surface area contributed by atoms with E-state index in [9.17, 15) is 0 Å². The molecule has 1 aromatic heterocycles. The largest absolute Gasteiger partial charge is 0.369 e. The molecular weight excluding hydrogens is 232 g/mol. The summed E-state index contributed by atoms with van der Waals surface area (Å²) in [6.45, 7) is 9.33. The average Bonchev–Trinajstić information content (AvgIpc) is 2.71. The summed E-state index contributed by atoms with van der Waals surface area (Å²) in [5.41, 5.74) is 0. The summed E-state index contributed by atoms with van der Waals surface area (Å²) < 4.78 is 0. The van der Waals surface area contributed by atoms with Crippen LogP contribution in [0.25, 0.3) is 0 Å². The van der Waals surface area contributed by atoms with Gasteiger partial charge in [0.25, 0.3) is 0 Å². The van der Waals surface area contributed by atoms with Gasteiger partial charge in [0.1, 0.15) is 0 Å². The highest BCUT2D eigenvalue weighted by atomic mass is 32.1. The molecule has 0 spiro atoms. The van der Waals surface area contributed by atoms with Crippen LogP contribution in [0.3, 0.4) is 0 Å². The molecule has 0 saturated carbocycles. The number of nitrogens with zero attached hydrogens (tertiary/aromatic N) is 2.